The Morgan fingerprint density at radius 3 is 2.40 bits per heavy atom. The number of aldehydes is 1. The van der Waals surface area contributed by atoms with Crippen LogP contribution in [0.5, 0.6) is 5.75 Å². The van der Waals surface area contributed by atoms with Gasteiger partial charge in [-0.15, -0.1) is 23.4 Å². The van der Waals surface area contributed by atoms with Crippen molar-refractivity contribution in [3.05, 3.63) is 40.6 Å². The van der Waals surface area contributed by atoms with E-state index in [1.54, 1.807) is 6.07 Å². The summed E-state index contributed by atoms with van der Waals surface area (Å²) < 4.78 is 51.3. The second-order valence-corrected chi connectivity index (χ2v) is 9.69. The van der Waals surface area contributed by atoms with E-state index in [0.717, 1.165) is 56.1 Å². The summed E-state index contributed by atoms with van der Waals surface area (Å²) in [5, 5.41) is 12.1. The van der Waals surface area contributed by atoms with Gasteiger partial charge in [-0.05, 0) is 82.2 Å². The van der Waals surface area contributed by atoms with Crippen LogP contribution in [0.2, 0.25) is 5.02 Å². The first-order chi connectivity index (χ1) is 16.7. The molecule has 2 aliphatic carbocycles. The predicted molar refractivity (Wildman–Crippen MR) is 122 cm³/mol. The van der Waals surface area contributed by atoms with Gasteiger partial charge in [-0.25, -0.2) is 0 Å². The molecule has 0 unspecified atom stereocenters. The fourth-order valence-corrected chi connectivity index (χ4v) is 4.93. The molecule has 0 spiro atoms. The van der Waals surface area contributed by atoms with Crippen molar-refractivity contribution in [1.29, 1.82) is 0 Å². The van der Waals surface area contributed by atoms with Gasteiger partial charge in [-0.3, -0.25) is 9.53 Å². The Hall–Kier alpha value is -2.17. The van der Waals surface area contributed by atoms with Gasteiger partial charge in [-0.1, -0.05) is 11.6 Å². The van der Waals surface area contributed by atoms with Gasteiger partial charge in [0.05, 0.1) is 6.10 Å². The number of ether oxygens (including phenoxy) is 2. The van der Waals surface area contributed by atoms with E-state index in [2.05, 4.69) is 20.3 Å². The molecule has 2 aromatic rings. The zero-order chi connectivity index (χ0) is 25.0. The van der Waals surface area contributed by atoms with E-state index in [4.69, 9.17) is 20.8 Å². The SMILES string of the molecule is CNC1CCC(c2nnc(C3CC(OC(F)(F)F)C3)o2)CC1.O=C[C@H]1CCc2cc(Cl)ccc2O1. The van der Waals surface area contributed by atoms with Crippen molar-refractivity contribution >= 4 is 17.9 Å². The van der Waals surface area contributed by atoms with Crippen molar-refractivity contribution in [2.75, 3.05) is 7.05 Å². The first kappa shape index (κ1) is 25.9. The number of aromatic nitrogens is 2. The lowest BCUT2D eigenvalue weighted by Crippen LogP contribution is -2.34. The van der Waals surface area contributed by atoms with Crippen molar-refractivity contribution in [2.45, 2.75) is 87.8 Å². The molecule has 1 aromatic heterocycles. The number of nitrogens with one attached hydrogen (secondary N) is 1. The molecule has 0 amide bonds. The van der Waals surface area contributed by atoms with Crippen molar-refractivity contribution in [1.82, 2.24) is 15.5 Å². The molecule has 2 fully saturated rings. The van der Waals surface area contributed by atoms with E-state index < -0.39 is 12.5 Å². The number of alkyl halides is 3. The summed E-state index contributed by atoms with van der Waals surface area (Å²) in [5.74, 6) is 2.03. The summed E-state index contributed by atoms with van der Waals surface area (Å²) in [6.45, 7) is 0. The van der Waals surface area contributed by atoms with E-state index in [-0.39, 0.29) is 30.8 Å². The summed E-state index contributed by atoms with van der Waals surface area (Å²) in [6.07, 6.45) is 1.53. The molecule has 7 nitrogen and oxygen atoms in total. The Kier molecular flexibility index (Phi) is 8.34. The standard InChI is InChI=1S/C14H20F3N3O2.C10H9ClO2/c1-18-10-4-2-8(3-5-10)12-19-20-13(21-12)9-6-11(7-9)22-14(15,16)17;11-8-2-4-10-7(5-8)1-3-9(6-12)13-10/h8-11,18H,2-7H2,1H3;2,4-6,9H,1,3H2/t;9-/m.1/s1. The van der Waals surface area contributed by atoms with Crippen LogP contribution in [0.1, 0.15) is 74.1 Å². The minimum atomic E-state index is -4.57. The van der Waals surface area contributed by atoms with Gasteiger partial charge in [0.15, 0.2) is 12.4 Å². The molecule has 1 N–H and O–H groups in total. The normalized spacial score (nSPS) is 28.1. The van der Waals surface area contributed by atoms with Gasteiger partial charge in [0, 0.05) is 22.9 Å². The number of rotatable bonds is 5. The number of benzene rings is 1. The fraction of sp³-hybridized carbons (Fsp3) is 0.625. The molecule has 35 heavy (non-hydrogen) atoms. The lowest BCUT2D eigenvalue weighted by Gasteiger charge is -2.32. The number of aryl methyl sites for hydroxylation is 1. The van der Waals surface area contributed by atoms with E-state index in [1.165, 1.54) is 0 Å². The van der Waals surface area contributed by atoms with E-state index >= 15 is 0 Å². The topological polar surface area (TPSA) is 86.5 Å². The maximum Gasteiger partial charge on any atom is 0.522 e. The number of hydrogen-bond acceptors (Lipinski definition) is 7. The molecule has 1 aromatic carbocycles. The zero-order valence-corrected chi connectivity index (χ0v) is 20.1. The van der Waals surface area contributed by atoms with Crippen LogP contribution < -0.4 is 10.1 Å². The van der Waals surface area contributed by atoms with Gasteiger partial charge in [0.2, 0.25) is 11.8 Å². The van der Waals surface area contributed by atoms with Gasteiger partial charge < -0.3 is 14.5 Å². The maximum absolute atomic E-state index is 12.1. The summed E-state index contributed by atoms with van der Waals surface area (Å²) >= 11 is 5.82. The molecular formula is C24H29ClF3N3O4. The van der Waals surface area contributed by atoms with Crippen LogP contribution in [0.3, 0.4) is 0 Å². The third kappa shape index (κ3) is 6.95. The van der Waals surface area contributed by atoms with Crippen LogP contribution in [0.4, 0.5) is 13.2 Å². The van der Waals surface area contributed by atoms with E-state index in [1.807, 2.05) is 19.2 Å². The van der Waals surface area contributed by atoms with Gasteiger partial charge in [0.1, 0.15) is 5.75 Å². The minimum Gasteiger partial charge on any atom is -0.483 e. The highest BCUT2D eigenvalue weighted by atomic mass is 35.5. The second-order valence-electron chi connectivity index (χ2n) is 9.25. The Morgan fingerprint density at radius 2 is 1.77 bits per heavy atom. The fourth-order valence-electron chi connectivity index (χ4n) is 4.73. The highest BCUT2D eigenvalue weighted by Gasteiger charge is 2.42. The summed E-state index contributed by atoms with van der Waals surface area (Å²) in [7, 11) is 1.96. The largest absolute Gasteiger partial charge is 0.522 e. The molecule has 0 bridgehead atoms. The molecule has 11 heteroatoms. The maximum atomic E-state index is 12.1. The molecular weight excluding hydrogens is 487 g/mol. The molecule has 1 aliphatic heterocycles. The highest BCUT2D eigenvalue weighted by molar-refractivity contribution is 6.30. The predicted octanol–water partition coefficient (Wildman–Crippen LogP) is 5.33. The summed E-state index contributed by atoms with van der Waals surface area (Å²) in [4.78, 5) is 10.5. The lowest BCUT2D eigenvalue weighted by atomic mass is 9.82. The first-order valence-electron chi connectivity index (χ1n) is 11.9. The Balaban J connectivity index is 0.000000189. The molecule has 0 radical (unpaired) electrons. The average Bonchev–Trinajstić information content (AvgIpc) is 3.30. The Morgan fingerprint density at radius 1 is 1.09 bits per heavy atom. The molecule has 2 saturated carbocycles. The van der Waals surface area contributed by atoms with Gasteiger partial charge >= 0.3 is 6.36 Å². The molecule has 0 saturated heterocycles. The third-order valence-corrected chi connectivity index (χ3v) is 7.07. The number of halogens is 4. The Labute approximate surface area is 206 Å². The van der Waals surface area contributed by atoms with E-state index in [9.17, 15) is 18.0 Å². The van der Waals surface area contributed by atoms with Gasteiger partial charge in [0.25, 0.3) is 0 Å². The molecule has 2 heterocycles. The van der Waals surface area contributed by atoms with Crippen LogP contribution in [0.15, 0.2) is 22.6 Å². The number of carbonyl (C=O) groups excluding carboxylic acids is 1. The first-order valence-corrected chi connectivity index (χ1v) is 12.3. The van der Waals surface area contributed by atoms with Crippen LogP contribution in [-0.4, -0.2) is 48.1 Å². The highest BCUT2D eigenvalue weighted by Crippen LogP contribution is 2.42. The lowest BCUT2D eigenvalue weighted by molar-refractivity contribution is -0.352. The van der Waals surface area contributed by atoms with Crippen LogP contribution >= 0.6 is 11.6 Å². The van der Waals surface area contributed by atoms with Crippen molar-refractivity contribution < 1.29 is 31.9 Å². The zero-order valence-electron chi connectivity index (χ0n) is 19.4. The third-order valence-electron chi connectivity index (χ3n) is 6.84. The van der Waals surface area contributed by atoms with E-state index in [0.29, 0.717) is 22.8 Å². The number of nitrogens with zero attached hydrogens (tertiary/aromatic N) is 2. The minimum absolute atomic E-state index is 0.109. The summed E-state index contributed by atoms with van der Waals surface area (Å²) in [5.41, 5.74) is 1.09. The van der Waals surface area contributed by atoms with Gasteiger partial charge in [-0.2, -0.15) is 0 Å². The smallest absolute Gasteiger partial charge is 0.483 e. The van der Waals surface area contributed by atoms with Crippen LogP contribution in [-0.2, 0) is 16.0 Å². The monoisotopic (exact) mass is 515 g/mol. The number of hydrogen-bond donors (Lipinski definition) is 1. The molecule has 3 aliphatic rings. The second kappa shape index (κ2) is 11.3. The average molecular weight is 516 g/mol. The van der Waals surface area contributed by atoms with Crippen LogP contribution in [0, 0.1) is 0 Å². The van der Waals surface area contributed by atoms with Crippen molar-refractivity contribution in [3.63, 3.8) is 0 Å². The number of fused-ring (bicyclic) bond motifs is 1. The molecule has 192 valence electrons. The quantitative estimate of drug-likeness (QED) is 0.538. The summed E-state index contributed by atoms with van der Waals surface area (Å²) in [6, 6.07) is 6.02. The molecule has 1 atom stereocenters. The van der Waals surface area contributed by atoms with Crippen molar-refractivity contribution in [3.8, 4) is 5.75 Å². The van der Waals surface area contributed by atoms with Crippen LogP contribution in [0.25, 0.3) is 0 Å². The Bertz CT molecular complexity index is 989. The number of carbonyl (C=O) groups is 1. The van der Waals surface area contributed by atoms with Crippen molar-refractivity contribution in [2.24, 2.45) is 0 Å². The molecule has 5 rings (SSSR count).